The predicted octanol–water partition coefficient (Wildman–Crippen LogP) is 5.03. The van der Waals surface area contributed by atoms with Gasteiger partial charge in [0.05, 0.1) is 16.3 Å². The number of hydrogen-bond acceptors (Lipinski definition) is 4. The van der Waals surface area contributed by atoms with Crippen molar-refractivity contribution < 1.29 is 9.59 Å². The normalized spacial score (nSPS) is 11.4. The minimum absolute atomic E-state index is 0.00545. The monoisotopic (exact) mass is 438 g/mol. The highest BCUT2D eigenvalue weighted by molar-refractivity contribution is 7.12. The lowest BCUT2D eigenvalue weighted by atomic mass is 9.92. The number of amides is 2. The number of carbonyl (C=O) groups is 2. The molecule has 0 radical (unpaired) electrons. The summed E-state index contributed by atoms with van der Waals surface area (Å²) in [5.41, 5.74) is 2.73. The fourth-order valence-corrected chi connectivity index (χ4v) is 3.84. The number of hydrogen-bond donors (Lipinski definition) is 1. The van der Waals surface area contributed by atoms with E-state index in [1.807, 2.05) is 55.6 Å². The van der Waals surface area contributed by atoms with E-state index in [0.29, 0.717) is 17.2 Å². The number of thiophene rings is 1. The first kappa shape index (κ1) is 22.7. The molecule has 6 nitrogen and oxygen atoms in total. The van der Waals surface area contributed by atoms with Gasteiger partial charge in [-0.05, 0) is 36.9 Å². The quantitative estimate of drug-likeness (QED) is 0.562. The van der Waals surface area contributed by atoms with Crippen molar-refractivity contribution in [1.82, 2.24) is 14.7 Å². The molecule has 3 rings (SSSR count). The van der Waals surface area contributed by atoms with E-state index >= 15 is 0 Å². The molecule has 0 spiro atoms. The van der Waals surface area contributed by atoms with Crippen LogP contribution >= 0.6 is 11.3 Å². The van der Waals surface area contributed by atoms with E-state index in [-0.39, 0.29) is 23.8 Å². The second kappa shape index (κ2) is 9.47. The molecule has 0 saturated heterocycles. The Hall–Kier alpha value is -2.93. The van der Waals surface area contributed by atoms with Crippen LogP contribution in [0.15, 0.2) is 47.8 Å². The molecule has 0 fully saturated rings. The van der Waals surface area contributed by atoms with Crippen molar-refractivity contribution in [3.05, 3.63) is 64.0 Å². The van der Waals surface area contributed by atoms with Crippen LogP contribution in [-0.4, -0.2) is 39.6 Å². The number of rotatable bonds is 7. The van der Waals surface area contributed by atoms with Crippen LogP contribution in [-0.2, 0) is 10.2 Å². The molecule has 2 aromatic heterocycles. The summed E-state index contributed by atoms with van der Waals surface area (Å²) in [4.78, 5) is 27.9. The van der Waals surface area contributed by atoms with Gasteiger partial charge in [0.25, 0.3) is 5.91 Å². The maximum Gasteiger partial charge on any atom is 0.264 e. The Kier molecular flexibility index (Phi) is 6.95. The highest BCUT2D eigenvalue weighted by Gasteiger charge is 2.23. The molecule has 0 aliphatic rings. The molecule has 0 atom stereocenters. The molecule has 1 aromatic carbocycles. The van der Waals surface area contributed by atoms with Crippen LogP contribution in [0.25, 0.3) is 5.69 Å². The number of anilines is 1. The molecule has 0 aliphatic carbocycles. The summed E-state index contributed by atoms with van der Waals surface area (Å²) in [6.07, 6.45) is 0.778. The smallest absolute Gasteiger partial charge is 0.264 e. The van der Waals surface area contributed by atoms with Gasteiger partial charge in [0, 0.05) is 18.0 Å². The van der Waals surface area contributed by atoms with Crippen molar-refractivity contribution in [2.24, 2.45) is 0 Å². The largest absolute Gasteiger partial charge is 0.329 e. The fourth-order valence-electron chi connectivity index (χ4n) is 3.15. The van der Waals surface area contributed by atoms with Crippen LogP contribution in [0.3, 0.4) is 0 Å². The van der Waals surface area contributed by atoms with Gasteiger partial charge in [-0.3, -0.25) is 9.59 Å². The maximum absolute atomic E-state index is 12.9. The Balaban J connectivity index is 1.84. The van der Waals surface area contributed by atoms with Crippen molar-refractivity contribution in [3.63, 3.8) is 0 Å². The molecule has 0 bridgehead atoms. The average Bonchev–Trinajstić information content (AvgIpc) is 3.38. The van der Waals surface area contributed by atoms with Gasteiger partial charge in [-0.2, -0.15) is 5.10 Å². The maximum atomic E-state index is 12.9. The Morgan fingerprint density at radius 1 is 1.16 bits per heavy atom. The van der Waals surface area contributed by atoms with Crippen molar-refractivity contribution >= 4 is 29.0 Å². The second-order valence-electron chi connectivity index (χ2n) is 8.66. The van der Waals surface area contributed by atoms with Crippen LogP contribution in [0, 0.1) is 6.92 Å². The fraction of sp³-hybridized carbons (Fsp3) is 0.375. The summed E-state index contributed by atoms with van der Waals surface area (Å²) in [6, 6.07) is 13.5. The number of nitrogens with zero attached hydrogens (tertiary/aromatic N) is 3. The van der Waals surface area contributed by atoms with E-state index in [2.05, 4.69) is 26.1 Å². The highest BCUT2D eigenvalue weighted by Crippen LogP contribution is 2.26. The third kappa shape index (κ3) is 5.61. The van der Waals surface area contributed by atoms with E-state index < -0.39 is 0 Å². The molecule has 7 heteroatoms. The van der Waals surface area contributed by atoms with Crippen molar-refractivity contribution in [3.8, 4) is 5.69 Å². The minimum Gasteiger partial charge on any atom is -0.329 e. The first-order valence-corrected chi connectivity index (χ1v) is 11.4. The molecule has 1 N–H and O–H groups in total. The summed E-state index contributed by atoms with van der Waals surface area (Å²) in [7, 11) is 0. The number of aromatic nitrogens is 2. The summed E-state index contributed by atoms with van der Waals surface area (Å²) >= 11 is 1.39. The van der Waals surface area contributed by atoms with Crippen LogP contribution < -0.4 is 5.32 Å². The first-order valence-electron chi connectivity index (χ1n) is 10.5. The summed E-state index contributed by atoms with van der Waals surface area (Å²) in [5, 5.41) is 9.59. The van der Waals surface area contributed by atoms with Gasteiger partial charge >= 0.3 is 0 Å². The van der Waals surface area contributed by atoms with Gasteiger partial charge in [-0.15, -0.1) is 11.3 Å². The minimum atomic E-state index is -0.243. The van der Waals surface area contributed by atoms with E-state index in [1.54, 1.807) is 15.6 Å². The lowest BCUT2D eigenvalue weighted by molar-refractivity contribution is -0.116. The standard InChI is InChI=1S/C24H30N4O2S/c1-6-13-27(23(30)19-8-7-14-31-19)16-22(29)25-21-15-20(24(3,4)5)26-28(21)18-11-9-17(2)10-12-18/h7-12,14-15H,6,13,16H2,1-5H3,(H,25,29). The zero-order valence-corrected chi connectivity index (χ0v) is 19.6. The lowest BCUT2D eigenvalue weighted by Crippen LogP contribution is -2.38. The molecule has 2 amide bonds. The average molecular weight is 439 g/mol. The SMILES string of the molecule is CCCN(CC(=O)Nc1cc(C(C)(C)C)nn1-c1ccc(C)cc1)C(=O)c1cccs1. The van der Waals surface area contributed by atoms with Gasteiger partial charge in [-0.25, -0.2) is 4.68 Å². The van der Waals surface area contributed by atoms with E-state index in [9.17, 15) is 9.59 Å². The highest BCUT2D eigenvalue weighted by atomic mass is 32.1. The Bertz CT molecular complexity index is 1030. The molecule has 0 saturated carbocycles. The van der Waals surface area contributed by atoms with Gasteiger partial charge in [0.2, 0.25) is 5.91 Å². The number of aryl methyl sites for hydroxylation is 1. The molecule has 2 heterocycles. The second-order valence-corrected chi connectivity index (χ2v) is 9.61. The number of nitrogens with one attached hydrogen (secondary N) is 1. The summed E-state index contributed by atoms with van der Waals surface area (Å²) < 4.78 is 1.75. The van der Waals surface area contributed by atoms with Crippen LogP contribution in [0.2, 0.25) is 0 Å². The molecule has 31 heavy (non-hydrogen) atoms. The Morgan fingerprint density at radius 2 is 1.87 bits per heavy atom. The Morgan fingerprint density at radius 3 is 2.45 bits per heavy atom. The van der Waals surface area contributed by atoms with Gasteiger partial charge in [0.1, 0.15) is 12.4 Å². The van der Waals surface area contributed by atoms with Crippen molar-refractivity contribution in [2.75, 3.05) is 18.4 Å². The first-order chi connectivity index (χ1) is 14.7. The third-order valence-electron chi connectivity index (χ3n) is 4.87. The van der Waals surface area contributed by atoms with Gasteiger partial charge < -0.3 is 10.2 Å². The van der Waals surface area contributed by atoms with Crippen molar-refractivity contribution in [2.45, 2.75) is 46.5 Å². The Labute approximate surface area is 187 Å². The summed E-state index contributed by atoms with van der Waals surface area (Å²) in [5.74, 6) is 0.236. The third-order valence-corrected chi connectivity index (χ3v) is 5.73. The van der Waals surface area contributed by atoms with E-state index in [4.69, 9.17) is 5.10 Å². The molecule has 3 aromatic rings. The predicted molar refractivity (Wildman–Crippen MR) is 126 cm³/mol. The molecule has 164 valence electrons. The number of benzene rings is 1. The number of carbonyl (C=O) groups excluding carboxylic acids is 2. The zero-order valence-electron chi connectivity index (χ0n) is 18.8. The van der Waals surface area contributed by atoms with Crippen LogP contribution in [0.5, 0.6) is 0 Å². The molecular formula is C24H30N4O2S. The molecule has 0 aliphatic heterocycles. The van der Waals surface area contributed by atoms with Crippen LogP contribution in [0.4, 0.5) is 5.82 Å². The topological polar surface area (TPSA) is 67.2 Å². The van der Waals surface area contributed by atoms with E-state index in [1.165, 1.54) is 11.3 Å². The van der Waals surface area contributed by atoms with Crippen LogP contribution in [0.1, 0.15) is 55.0 Å². The van der Waals surface area contributed by atoms with Gasteiger partial charge in [0.15, 0.2) is 0 Å². The van der Waals surface area contributed by atoms with Crippen molar-refractivity contribution in [1.29, 1.82) is 0 Å². The molecule has 0 unspecified atom stereocenters. The molecular weight excluding hydrogens is 408 g/mol. The van der Waals surface area contributed by atoms with Gasteiger partial charge in [-0.1, -0.05) is 51.5 Å². The summed E-state index contributed by atoms with van der Waals surface area (Å²) in [6.45, 7) is 10.8. The zero-order chi connectivity index (χ0) is 22.6. The van der Waals surface area contributed by atoms with E-state index in [0.717, 1.165) is 23.4 Å². The lowest BCUT2D eigenvalue weighted by Gasteiger charge is -2.21.